The van der Waals surface area contributed by atoms with Crippen molar-refractivity contribution in [3.8, 4) is 0 Å². The van der Waals surface area contributed by atoms with E-state index >= 15 is 0 Å². The fourth-order valence-corrected chi connectivity index (χ4v) is 2.06. The van der Waals surface area contributed by atoms with Crippen LogP contribution in [0.2, 0.25) is 0 Å². The molecule has 0 aliphatic carbocycles. The van der Waals surface area contributed by atoms with Crippen molar-refractivity contribution in [1.82, 2.24) is 5.32 Å². The zero-order valence-corrected chi connectivity index (χ0v) is 12.2. The summed E-state index contributed by atoms with van der Waals surface area (Å²) in [5.74, 6) is -2.48. The minimum Gasteiger partial charge on any atom is -0.480 e. The number of nitrogens with one attached hydrogen (secondary N) is 1. The SMILES string of the molecule is NC(=O)C[C@H](NC(=O)CCc1cccc(Br)c1)C(=O)O. The highest BCUT2D eigenvalue weighted by molar-refractivity contribution is 9.10. The standard InChI is InChI=1S/C13H15BrN2O4/c14-9-3-1-2-8(6-9)4-5-12(18)16-10(13(19)20)7-11(15)17/h1-3,6,10H,4-5,7H2,(H2,15,17)(H,16,18)(H,19,20)/t10-/m0/s1. The highest BCUT2D eigenvalue weighted by atomic mass is 79.9. The van der Waals surface area contributed by atoms with Gasteiger partial charge in [-0.15, -0.1) is 0 Å². The number of carboxylic acid groups (broad SMARTS) is 1. The van der Waals surface area contributed by atoms with E-state index in [1.807, 2.05) is 24.3 Å². The molecule has 0 heterocycles. The normalized spacial score (nSPS) is 11.7. The van der Waals surface area contributed by atoms with Gasteiger partial charge < -0.3 is 16.2 Å². The van der Waals surface area contributed by atoms with Crippen LogP contribution in [0, 0.1) is 0 Å². The van der Waals surface area contributed by atoms with E-state index in [-0.39, 0.29) is 6.42 Å². The maximum absolute atomic E-state index is 11.7. The molecule has 1 rings (SSSR count). The van der Waals surface area contributed by atoms with Gasteiger partial charge in [-0.1, -0.05) is 28.1 Å². The Morgan fingerprint density at radius 2 is 2.05 bits per heavy atom. The Balaban J connectivity index is 2.49. The molecule has 6 nitrogen and oxygen atoms in total. The van der Waals surface area contributed by atoms with Crippen LogP contribution in [-0.4, -0.2) is 28.9 Å². The Bertz CT molecular complexity index is 519. The maximum atomic E-state index is 11.7. The fourth-order valence-electron chi connectivity index (χ4n) is 1.62. The first-order chi connectivity index (χ1) is 9.38. The van der Waals surface area contributed by atoms with Crippen LogP contribution in [-0.2, 0) is 20.8 Å². The lowest BCUT2D eigenvalue weighted by atomic mass is 10.1. The summed E-state index contributed by atoms with van der Waals surface area (Å²) in [7, 11) is 0. The van der Waals surface area contributed by atoms with E-state index in [9.17, 15) is 14.4 Å². The van der Waals surface area contributed by atoms with Crippen molar-refractivity contribution in [1.29, 1.82) is 0 Å². The predicted octanol–water partition coefficient (Wildman–Crippen LogP) is 0.826. The van der Waals surface area contributed by atoms with E-state index in [1.54, 1.807) is 0 Å². The largest absolute Gasteiger partial charge is 0.480 e. The van der Waals surface area contributed by atoms with Gasteiger partial charge in [0.25, 0.3) is 0 Å². The van der Waals surface area contributed by atoms with E-state index in [4.69, 9.17) is 10.8 Å². The van der Waals surface area contributed by atoms with Gasteiger partial charge in [0.1, 0.15) is 6.04 Å². The molecule has 1 aromatic rings. The molecule has 20 heavy (non-hydrogen) atoms. The number of carboxylic acids is 1. The summed E-state index contributed by atoms with van der Waals surface area (Å²) in [6, 6.07) is 6.20. The number of halogens is 1. The second-order valence-corrected chi connectivity index (χ2v) is 5.17. The number of aliphatic carboxylic acids is 1. The third kappa shape index (κ3) is 5.83. The molecule has 2 amide bonds. The molecular formula is C13H15BrN2O4. The van der Waals surface area contributed by atoms with E-state index in [1.165, 1.54) is 0 Å². The van der Waals surface area contributed by atoms with Crippen LogP contribution in [0.25, 0.3) is 0 Å². The summed E-state index contributed by atoms with van der Waals surface area (Å²) in [6.07, 6.45) is 0.200. The average molecular weight is 343 g/mol. The van der Waals surface area contributed by atoms with Gasteiger partial charge in [-0.05, 0) is 24.1 Å². The summed E-state index contributed by atoms with van der Waals surface area (Å²) in [5, 5.41) is 11.1. The molecule has 7 heteroatoms. The number of carbonyl (C=O) groups excluding carboxylic acids is 2. The quantitative estimate of drug-likeness (QED) is 0.681. The number of hydrogen-bond donors (Lipinski definition) is 3. The minimum atomic E-state index is -1.28. The van der Waals surface area contributed by atoms with Crippen molar-refractivity contribution >= 4 is 33.7 Å². The van der Waals surface area contributed by atoms with Crippen molar-refractivity contribution in [2.75, 3.05) is 0 Å². The van der Waals surface area contributed by atoms with Crippen LogP contribution in [0.5, 0.6) is 0 Å². The molecule has 0 aliphatic rings. The minimum absolute atomic E-state index is 0.138. The van der Waals surface area contributed by atoms with E-state index < -0.39 is 30.2 Å². The lowest BCUT2D eigenvalue weighted by Gasteiger charge is -2.12. The van der Waals surface area contributed by atoms with Gasteiger partial charge in [0.15, 0.2) is 0 Å². The van der Waals surface area contributed by atoms with Gasteiger partial charge in [0.2, 0.25) is 11.8 Å². The predicted molar refractivity (Wildman–Crippen MR) is 75.8 cm³/mol. The zero-order chi connectivity index (χ0) is 15.1. The molecule has 108 valence electrons. The molecule has 0 fully saturated rings. The van der Waals surface area contributed by atoms with Gasteiger partial charge >= 0.3 is 5.97 Å². The lowest BCUT2D eigenvalue weighted by molar-refractivity contribution is -0.143. The summed E-state index contributed by atoms with van der Waals surface area (Å²) >= 11 is 3.33. The highest BCUT2D eigenvalue weighted by Gasteiger charge is 2.21. The summed E-state index contributed by atoms with van der Waals surface area (Å²) in [4.78, 5) is 33.2. The first-order valence-corrected chi connectivity index (χ1v) is 6.72. The van der Waals surface area contributed by atoms with Crippen molar-refractivity contribution in [2.45, 2.75) is 25.3 Å². The number of aryl methyl sites for hydroxylation is 1. The Kier molecular flexibility index (Phi) is 6.17. The van der Waals surface area contributed by atoms with Crippen LogP contribution < -0.4 is 11.1 Å². The molecule has 4 N–H and O–H groups in total. The first kappa shape index (κ1) is 16.2. The average Bonchev–Trinajstić information content (AvgIpc) is 2.35. The van der Waals surface area contributed by atoms with Gasteiger partial charge in [-0.2, -0.15) is 0 Å². The number of amides is 2. The summed E-state index contributed by atoms with van der Waals surface area (Å²) < 4.78 is 0.910. The molecule has 0 saturated heterocycles. The van der Waals surface area contributed by atoms with Crippen LogP contribution in [0.1, 0.15) is 18.4 Å². The van der Waals surface area contributed by atoms with Crippen LogP contribution >= 0.6 is 15.9 Å². The smallest absolute Gasteiger partial charge is 0.326 e. The molecule has 0 spiro atoms. The fraction of sp³-hybridized carbons (Fsp3) is 0.308. The molecule has 0 aliphatic heterocycles. The Morgan fingerprint density at radius 1 is 1.35 bits per heavy atom. The molecule has 0 aromatic heterocycles. The van der Waals surface area contributed by atoms with Crippen molar-refractivity contribution in [3.63, 3.8) is 0 Å². The molecule has 1 aromatic carbocycles. The number of hydrogen-bond acceptors (Lipinski definition) is 3. The first-order valence-electron chi connectivity index (χ1n) is 5.93. The van der Waals surface area contributed by atoms with Gasteiger partial charge in [0, 0.05) is 10.9 Å². The molecule has 0 unspecified atom stereocenters. The molecular weight excluding hydrogens is 328 g/mol. The number of primary amides is 1. The Morgan fingerprint density at radius 3 is 2.60 bits per heavy atom. The number of carbonyl (C=O) groups is 3. The third-order valence-electron chi connectivity index (χ3n) is 2.57. The lowest BCUT2D eigenvalue weighted by Crippen LogP contribution is -2.43. The van der Waals surface area contributed by atoms with E-state index in [0.29, 0.717) is 6.42 Å². The van der Waals surface area contributed by atoms with Crippen molar-refractivity contribution in [3.05, 3.63) is 34.3 Å². The second kappa shape index (κ2) is 7.64. The van der Waals surface area contributed by atoms with Gasteiger partial charge in [0.05, 0.1) is 6.42 Å². The number of rotatable bonds is 7. The molecule has 0 radical (unpaired) electrons. The van der Waals surface area contributed by atoms with Gasteiger partial charge in [-0.3, -0.25) is 9.59 Å². The summed E-state index contributed by atoms with van der Waals surface area (Å²) in [5.41, 5.74) is 5.88. The number of benzene rings is 1. The van der Waals surface area contributed by atoms with E-state index in [2.05, 4.69) is 21.2 Å². The van der Waals surface area contributed by atoms with Crippen LogP contribution in [0.15, 0.2) is 28.7 Å². The van der Waals surface area contributed by atoms with Gasteiger partial charge in [-0.25, -0.2) is 4.79 Å². The zero-order valence-electron chi connectivity index (χ0n) is 10.6. The summed E-state index contributed by atoms with van der Waals surface area (Å²) in [6.45, 7) is 0. The molecule has 0 bridgehead atoms. The topological polar surface area (TPSA) is 109 Å². The number of nitrogens with two attached hydrogens (primary N) is 1. The second-order valence-electron chi connectivity index (χ2n) is 4.26. The Hall–Kier alpha value is -1.89. The monoisotopic (exact) mass is 342 g/mol. The van der Waals surface area contributed by atoms with Crippen LogP contribution in [0.3, 0.4) is 0 Å². The maximum Gasteiger partial charge on any atom is 0.326 e. The molecule has 1 atom stereocenters. The van der Waals surface area contributed by atoms with E-state index in [0.717, 1.165) is 10.0 Å². The van der Waals surface area contributed by atoms with Crippen molar-refractivity contribution < 1.29 is 19.5 Å². The Labute approximate surface area is 124 Å². The van der Waals surface area contributed by atoms with Crippen LogP contribution in [0.4, 0.5) is 0 Å². The third-order valence-corrected chi connectivity index (χ3v) is 3.06. The van der Waals surface area contributed by atoms with Crippen molar-refractivity contribution in [2.24, 2.45) is 5.73 Å². The molecule has 0 saturated carbocycles. The highest BCUT2D eigenvalue weighted by Crippen LogP contribution is 2.13.